The summed E-state index contributed by atoms with van der Waals surface area (Å²) in [5.41, 5.74) is 0.807. The molecule has 1 fully saturated rings. The average molecular weight is 483 g/mol. The molecule has 3 aromatic rings. The standard InChI is InChI=1S/C24H23F2N5O4/c1-13-8-16(14(2)28-18-7-5-4-6-15(18)23(33)34)21-29-20(17(9-27)22(32)31(21)10-13)30-11-19(35-3)24(25,26)12-30/h4-8,10,14,19,28H,11-12H2,1-3H3,(H,33,34)/t14-,19?/m1/s1. The average Bonchev–Trinajstić information content (AvgIpc) is 3.13. The van der Waals surface area contributed by atoms with Gasteiger partial charge in [0.2, 0.25) is 0 Å². The maximum absolute atomic E-state index is 14.4. The van der Waals surface area contributed by atoms with Crippen LogP contribution in [0.25, 0.3) is 5.65 Å². The zero-order valence-corrected chi connectivity index (χ0v) is 19.2. The van der Waals surface area contributed by atoms with E-state index in [1.807, 2.05) is 6.07 Å². The lowest BCUT2D eigenvalue weighted by Crippen LogP contribution is -2.33. The first kappa shape index (κ1) is 24.1. The summed E-state index contributed by atoms with van der Waals surface area (Å²) in [4.78, 5) is 30.5. The first-order valence-corrected chi connectivity index (χ1v) is 10.8. The molecule has 0 aliphatic carbocycles. The molecule has 0 bridgehead atoms. The van der Waals surface area contributed by atoms with E-state index in [-0.39, 0.29) is 29.1 Å². The van der Waals surface area contributed by atoms with Crippen molar-refractivity contribution < 1.29 is 23.4 Å². The number of alkyl halides is 2. The molecule has 4 rings (SSSR count). The number of pyridine rings is 1. The first-order valence-electron chi connectivity index (χ1n) is 10.8. The summed E-state index contributed by atoms with van der Waals surface area (Å²) in [5.74, 6) is -4.42. The number of nitriles is 1. The van der Waals surface area contributed by atoms with Crippen molar-refractivity contribution in [1.82, 2.24) is 9.38 Å². The third kappa shape index (κ3) is 4.28. The van der Waals surface area contributed by atoms with Crippen LogP contribution in [0, 0.1) is 18.3 Å². The molecule has 35 heavy (non-hydrogen) atoms. The van der Waals surface area contributed by atoms with Gasteiger partial charge in [-0.15, -0.1) is 0 Å². The lowest BCUT2D eigenvalue weighted by Gasteiger charge is -2.22. The predicted molar refractivity (Wildman–Crippen MR) is 124 cm³/mol. The highest BCUT2D eigenvalue weighted by atomic mass is 19.3. The summed E-state index contributed by atoms with van der Waals surface area (Å²) in [5, 5.41) is 22.3. The van der Waals surface area contributed by atoms with Crippen molar-refractivity contribution in [1.29, 1.82) is 5.26 Å². The Kier molecular flexibility index (Phi) is 6.17. The van der Waals surface area contributed by atoms with E-state index in [0.717, 1.165) is 0 Å². The molecular formula is C24H23F2N5O4. The van der Waals surface area contributed by atoms with Gasteiger partial charge in [0.1, 0.15) is 17.8 Å². The van der Waals surface area contributed by atoms with Crippen LogP contribution >= 0.6 is 0 Å². The summed E-state index contributed by atoms with van der Waals surface area (Å²) in [6.45, 7) is 2.55. The van der Waals surface area contributed by atoms with E-state index in [9.17, 15) is 28.7 Å². The topological polar surface area (TPSA) is 120 Å². The number of carboxylic acids is 1. The maximum atomic E-state index is 14.4. The van der Waals surface area contributed by atoms with Crippen molar-refractivity contribution in [2.75, 3.05) is 30.4 Å². The summed E-state index contributed by atoms with van der Waals surface area (Å²) in [6.07, 6.45) is 0.118. The number of nitrogens with zero attached hydrogens (tertiary/aromatic N) is 4. The number of aromatic nitrogens is 2. The van der Waals surface area contributed by atoms with Crippen LogP contribution < -0.4 is 15.8 Å². The molecular weight excluding hydrogens is 460 g/mol. The molecule has 0 saturated carbocycles. The molecule has 3 heterocycles. The molecule has 2 N–H and O–H groups in total. The number of nitrogens with one attached hydrogen (secondary N) is 1. The van der Waals surface area contributed by atoms with Crippen LogP contribution in [0.2, 0.25) is 0 Å². The van der Waals surface area contributed by atoms with E-state index in [4.69, 9.17) is 4.74 Å². The number of methoxy groups -OCH3 is 1. The zero-order chi connectivity index (χ0) is 25.5. The van der Waals surface area contributed by atoms with E-state index >= 15 is 0 Å². The van der Waals surface area contributed by atoms with Crippen LogP contribution in [-0.2, 0) is 4.74 Å². The quantitative estimate of drug-likeness (QED) is 0.549. The number of hydrogen-bond acceptors (Lipinski definition) is 7. The smallest absolute Gasteiger partial charge is 0.337 e. The number of hydrogen-bond donors (Lipinski definition) is 2. The number of anilines is 2. The van der Waals surface area contributed by atoms with Crippen molar-refractivity contribution >= 4 is 23.1 Å². The van der Waals surface area contributed by atoms with E-state index in [1.165, 1.54) is 28.7 Å². The van der Waals surface area contributed by atoms with Gasteiger partial charge in [-0.05, 0) is 37.6 Å². The summed E-state index contributed by atoms with van der Waals surface area (Å²) < 4.78 is 34.9. The Morgan fingerprint density at radius 1 is 1.40 bits per heavy atom. The second-order valence-corrected chi connectivity index (χ2v) is 8.48. The Hall–Kier alpha value is -4.04. The second kappa shape index (κ2) is 8.96. The Morgan fingerprint density at radius 2 is 2.11 bits per heavy atom. The number of aromatic carboxylic acids is 1. The van der Waals surface area contributed by atoms with E-state index in [0.29, 0.717) is 16.8 Å². The first-order chi connectivity index (χ1) is 16.6. The number of rotatable bonds is 6. The molecule has 0 radical (unpaired) electrons. The normalized spacial score (nSPS) is 17.8. The predicted octanol–water partition coefficient (Wildman–Crippen LogP) is 3.22. The Bertz CT molecular complexity index is 1420. The molecule has 9 nitrogen and oxygen atoms in total. The molecule has 182 valence electrons. The molecule has 1 saturated heterocycles. The van der Waals surface area contributed by atoms with Crippen molar-refractivity contribution in [3.63, 3.8) is 0 Å². The molecule has 1 aliphatic heterocycles. The maximum Gasteiger partial charge on any atom is 0.337 e. The van der Waals surface area contributed by atoms with Crippen LogP contribution in [0.4, 0.5) is 20.3 Å². The van der Waals surface area contributed by atoms with Crippen molar-refractivity contribution in [3.8, 4) is 6.07 Å². The minimum absolute atomic E-state index is 0.0683. The third-order valence-corrected chi connectivity index (χ3v) is 6.02. The number of carbonyl (C=O) groups is 1. The Labute approximate surface area is 199 Å². The van der Waals surface area contributed by atoms with Crippen molar-refractivity contribution in [2.24, 2.45) is 0 Å². The fraction of sp³-hybridized carbons (Fsp3) is 0.333. The molecule has 2 atom stereocenters. The van der Waals surface area contributed by atoms with Crippen LogP contribution in [0.3, 0.4) is 0 Å². The van der Waals surface area contributed by atoms with E-state index in [1.54, 1.807) is 38.1 Å². The molecule has 0 spiro atoms. The molecule has 1 aromatic carbocycles. The fourth-order valence-corrected chi connectivity index (χ4v) is 4.31. The SMILES string of the molecule is COC1CN(c2nc3c([C@@H](C)Nc4ccccc4C(=O)O)cc(C)cn3c(=O)c2C#N)CC1(F)F. The summed E-state index contributed by atoms with van der Waals surface area (Å²) >= 11 is 0. The van der Waals surface area contributed by atoms with Gasteiger partial charge in [-0.2, -0.15) is 5.26 Å². The number of halogens is 2. The van der Waals surface area contributed by atoms with Crippen LogP contribution in [0.1, 0.15) is 40.0 Å². The van der Waals surface area contributed by atoms with Gasteiger partial charge >= 0.3 is 5.97 Å². The summed E-state index contributed by atoms with van der Waals surface area (Å²) in [6, 6.07) is 9.45. The van der Waals surface area contributed by atoms with E-state index < -0.39 is 36.1 Å². The molecule has 0 amide bonds. The van der Waals surface area contributed by atoms with Gasteiger partial charge in [-0.3, -0.25) is 9.20 Å². The summed E-state index contributed by atoms with van der Waals surface area (Å²) in [7, 11) is 1.18. The molecule has 2 aromatic heterocycles. The number of ether oxygens (including phenoxy) is 1. The molecule has 1 unspecified atom stereocenters. The van der Waals surface area contributed by atoms with E-state index in [2.05, 4.69) is 10.3 Å². The Balaban J connectivity index is 1.86. The third-order valence-electron chi connectivity index (χ3n) is 6.02. The van der Waals surface area contributed by atoms with Gasteiger partial charge in [-0.25, -0.2) is 18.6 Å². The number of benzene rings is 1. The lowest BCUT2D eigenvalue weighted by molar-refractivity contribution is -0.0889. The highest BCUT2D eigenvalue weighted by molar-refractivity contribution is 5.94. The largest absolute Gasteiger partial charge is 0.478 e. The van der Waals surface area contributed by atoms with Gasteiger partial charge in [0, 0.05) is 24.6 Å². The zero-order valence-electron chi connectivity index (χ0n) is 19.2. The number of aryl methyl sites for hydroxylation is 1. The molecule has 11 heteroatoms. The highest BCUT2D eigenvalue weighted by Crippen LogP contribution is 2.34. The highest BCUT2D eigenvalue weighted by Gasteiger charge is 2.49. The van der Waals surface area contributed by atoms with Crippen LogP contribution in [-0.4, -0.2) is 52.7 Å². The second-order valence-electron chi connectivity index (χ2n) is 8.48. The van der Waals surface area contributed by atoms with Crippen molar-refractivity contribution in [2.45, 2.75) is 31.9 Å². The van der Waals surface area contributed by atoms with Gasteiger partial charge in [-0.1, -0.05) is 12.1 Å². The minimum atomic E-state index is -3.18. The van der Waals surface area contributed by atoms with Crippen molar-refractivity contribution in [3.05, 3.63) is 69.1 Å². The van der Waals surface area contributed by atoms with Gasteiger partial charge < -0.3 is 20.1 Å². The minimum Gasteiger partial charge on any atom is -0.478 e. The lowest BCUT2D eigenvalue weighted by atomic mass is 10.1. The van der Waals surface area contributed by atoms with Gasteiger partial charge in [0.05, 0.1) is 24.7 Å². The number of para-hydroxylation sites is 1. The number of carboxylic acid groups (broad SMARTS) is 1. The molecule has 1 aliphatic rings. The van der Waals surface area contributed by atoms with Crippen LogP contribution in [0.5, 0.6) is 0 Å². The van der Waals surface area contributed by atoms with Gasteiger partial charge in [0.15, 0.2) is 11.4 Å². The van der Waals surface area contributed by atoms with Gasteiger partial charge in [0.25, 0.3) is 11.5 Å². The number of fused-ring (bicyclic) bond motifs is 1. The monoisotopic (exact) mass is 483 g/mol. The van der Waals surface area contributed by atoms with Crippen LogP contribution in [0.15, 0.2) is 41.3 Å². The Morgan fingerprint density at radius 3 is 2.74 bits per heavy atom. The fourth-order valence-electron chi connectivity index (χ4n) is 4.31.